The normalized spacial score (nSPS) is 12.8. The summed E-state index contributed by atoms with van der Waals surface area (Å²) in [4.78, 5) is 39.0. The molecule has 1 N–H and O–H groups in total. The Hall–Kier alpha value is -3.67. The van der Waals surface area contributed by atoms with Crippen molar-refractivity contribution in [1.29, 1.82) is 0 Å². The van der Waals surface area contributed by atoms with Gasteiger partial charge in [0.2, 0.25) is 21.8 Å². The van der Waals surface area contributed by atoms with Crippen LogP contribution in [0.3, 0.4) is 0 Å². The molecule has 0 fully saturated rings. The Bertz CT molecular complexity index is 1220. The lowest BCUT2D eigenvalue weighted by atomic mass is 10.1. The third-order valence-electron chi connectivity index (χ3n) is 6.19. The summed E-state index contributed by atoms with van der Waals surface area (Å²) in [5, 5.41) is 14.3. The number of sulfonamides is 1. The fourth-order valence-corrected chi connectivity index (χ4v) is 4.76. The van der Waals surface area contributed by atoms with E-state index < -0.39 is 33.4 Å². The van der Waals surface area contributed by atoms with E-state index in [4.69, 9.17) is 4.74 Å². The molecule has 0 unspecified atom stereocenters. The highest BCUT2D eigenvalue weighted by Crippen LogP contribution is 2.33. The van der Waals surface area contributed by atoms with Crippen LogP contribution in [-0.2, 0) is 26.0 Å². The second-order valence-corrected chi connectivity index (χ2v) is 10.9. The number of non-ortho nitro benzene ring substituents is 1. The van der Waals surface area contributed by atoms with Crippen LogP contribution >= 0.6 is 0 Å². The minimum atomic E-state index is -4.08. The SMILES string of the molecule is CC[C@H](C(=O)N[C@@H](C)CC)N(CCc1ccccc1)C(=O)CN(c1cc([N+](=O)[O-])ccc1OC)S(C)(=O)=O. The van der Waals surface area contributed by atoms with Gasteiger partial charge in [0, 0.05) is 24.7 Å². The minimum Gasteiger partial charge on any atom is -0.495 e. The van der Waals surface area contributed by atoms with Gasteiger partial charge in [-0.05, 0) is 37.8 Å². The lowest BCUT2D eigenvalue weighted by Gasteiger charge is -2.33. The number of methoxy groups -OCH3 is 1. The smallest absolute Gasteiger partial charge is 0.271 e. The van der Waals surface area contributed by atoms with Gasteiger partial charge in [-0.1, -0.05) is 44.2 Å². The van der Waals surface area contributed by atoms with E-state index in [2.05, 4.69) is 5.32 Å². The highest BCUT2D eigenvalue weighted by Gasteiger charge is 2.33. The quantitative estimate of drug-likeness (QED) is 0.283. The Labute approximate surface area is 224 Å². The van der Waals surface area contributed by atoms with Crippen LogP contribution in [0.1, 0.15) is 39.2 Å². The third kappa shape index (κ3) is 8.17. The van der Waals surface area contributed by atoms with Crippen molar-refractivity contribution in [3.8, 4) is 5.75 Å². The molecule has 0 aromatic heterocycles. The van der Waals surface area contributed by atoms with E-state index in [9.17, 15) is 28.1 Å². The number of carbonyl (C=O) groups excluding carboxylic acids is 2. The summed E-state index contributed by atoms with van der Waals surface area (Å²) in [5.41, 5.74) is 0.447. The zero-order chi connectivity index (χ0) is 28.5. The van der Waals surface area contributed by atoms with Crippen molar-refractivity contribution in [2.24, 2.45) is 0 Å². The fourth-order valence-electron chi connectivity index (χ4n) is 3.92. The number of nitro benzene ring substituents is 1. The van der Waals surface area contributed by atoms with Gasteiger partial charge in [0.15, 0.2) is 0 Å². The Morgan fingerprint density at radius 1 is 1.11 bits per heavy atom. The standard InChI is InChI=1S/C26H36N4O7S/c1-6-19(3)27-26(32)22(7-2)28(16-15-20-11-9-8-10-12-20)25(31)18-29(38(5,35)36)23-17-21(30(33)34)13-14-24(23)37-4/h8-14,17,19,22H,6-7,15-16,18H2,1-5H3,(H,27,32)/t19-,22+/m0/s1. The van der Waals surface area contributed by atoms with Crippen molar-refractivity contribution in [3.63, 3.8) is 0 Å². The van der Waals surface area contributed by atoms with Crippen molar-refractivity contribution in [2.45, 2.75) is 52.1 Å². The predicted molar refractivity (Wildman–Crippen MR) is 146 cm³/mol. The molecule has 0 aliphatic heterocycles. The summed E-state index contributed by atoms with van der Waals surface area (Å²) in [6, 6.07) is 12.0. The molecule has 2 aromatic rings. The molecule has 0 aliphatic carbocycles. The molecule has 0 bridgehead atoms. The monoisotopic (exact) mass is 548 g/mol. The van der Waals surface area contributed by atoms with Crippen LogP contribution in [0.25, 0.3) is 0 Å². The summed E-state index contributed by atoms with van der Waals surface area (Å²) >= 11 is 0. The van der Waals surface area contributed by atoms with Crippen LogP contribution < -0.4 is 14.4 Å². The molecule has 0 radical (unpaired) electrons. The number of nitro groups is 1. The molecule has 0 heterocycles. The molecule has 0 saturated heterocycles. The van der Waals surface area contributed by atoms with Gasteiger partial charge >= 0.3 is 0 Å². The van der Waals surface area contributed by atoms with Gasteiger partial charge in [-0.3, -0.25) is 24.0 Å². The first-order chi connectivity index (χ1) is 17.9. The average Bonchev–Trinajstić information content (AvgIpc) is 2.88. The highest BCUT2D eigenvalue weighted by atomic mass is 32.2. The zero-order valence-electron chi connectivity index (χ0n) is 22.4. The summed E-state index contributed by atoms with van der Waals surface area (Å²) in [6.45, 7) is 5.07. The first kappa shape index (κ1) is 30.6. The van der Waals surface area contributed by atoms with Gasteiger partial charge in [-0.2, -0.15) is 0 Å². The second-order valence-electron chi connectivity index (χ2n) is 8.95. The van der Waals surface area contributed by atoms with E-state index in [1.807, 2.05) is 44.2 Å². The van der Waals surface area contributed by atoms with Crippen LogP contribution in [0.4, 0.5) is 11.4 Å². The van der Waals surface area contributed by atoms with Crippen LogP contribution in [0.5, 0.6) is 5.75 Å². The Kier molecular flexibility index (Phi) is 11.1. The Balaban J connectivity index is 2.49. The summed E-state index contributed by atoms with van der Waals surface area (Å²) in [6.07, 6.45) is 2.36. The van der Waals surface area contributed by atoms with Gasteiger partial charge in [0.1, 0.15) is 24.0 Å². The number of hydrogen-bond acceptors (Lipinski definition) is 7. The number of carbonyl (C=O) groups is 2. The maximum atomic E-state index is 13.7. The van der Waals surface area contributed by atoms with Crippen molar-refractivity contribution >= 4 is 33.2 Å². The first-order valence-electron chi connectivity index (χ1n) is 12.4. The van der Waals surface area contributed by atoms with E-state index in [-0.39, 0.29) is 35.6 Å². The van der Waals surface area contributed by atoms with Crippen molar-refractivity contribution < 1.29 is 27.7 Å². The lowest BCUT2D eigenvalue weighted by molar-refractivity contribution is -0.384. The first-order valence-corrected chi connectivity index (χ1v) is 14.2. The molecule has 12 heteroatoms. The number of hydrogen-bond donors (Lipinski definition) is 1. The number of anilines is 1. The van der Waals surface area contributed by atoms with Crippen molar-refractivity contribution in [1.82, 2.24) is 10.2 Å². The summed E-state index contributed by atoms with van der Waals surface area (Å²) in [7, 11) is -2.78. The van der Waals surface area contributed by atoms with E-state index in [1.54, 1.807) is 6.92 Å². The molecule has 0 aliphatic rings. The number of nitrogens with zero attached hydrogens (tertiary/aromatic N) is 3. The molecule has 11 nitrogen and oxygen atoms in total. The number of nitrogens with one attached hydrogen (secondary N) is 1. The maximum Gasteiger partial charge on any atom is 0.271 e. The molecule has 2 aromatic carbocycles. The van der Waals surface area contributed by atoms with E-state index in [1.165, 1.54) is 24.1 Å². The van der Waals surface area contributed by atoms with Gasteiger partial charge < -0.3 is 15.0 Å². The van der Waals surface area contributed by atoms with Gasteiger partial charge in [0.25, 0.3) is 5.69 Å². The number of rotatable bonds is 14. The van der Waals surface area contributed by atoms with Crippen molar-refractivity contribution in [2.75, 3.05) is 30.8 Å². The Morgan fingerprint density at radius 2 is 1.76 bits per heavy atom. The Morgan fingerprint density at radius 3 is 2.29 bits per heavy atom. The molecule has 2 atom stereocenters. The van der Waals surface area contributed by atoms with Crippen molar-refractivity contribution in [3.05, 3.63) is 64.2 Å². The molecule has 0 saturated carbocycles. The van der Waals surface area contributed by atoms with Gasteiger partial charge in [-0.25, -0.2) is 8.42 Å². The van der Waals surface area contributed by atoms with E-state index in [0.29, 0.717) is 19.3 Å². The summed E-state index contributed by atoms with van der Waals surface area (Å²) < 4.78 is 31.7. The van der Waals surface area contributed by atoms with E-state index in [0.717, 1.165) is 22.2 Å². The van der Waals surface area contributed by atoms with Crippen LogP contribution in [0.2, 0.25) is 0 Å². The van der Waals surface area contributed by atoms with Gasteiger partial charge in [-0.15, -0.1) is 0 Å². The summed E-state index contributed by atoms with van der Waals surface area (Å²) in [5.74, 6) is -0.903. The predicted octanol–water partition coefficient (Wildman–Crippen LogP) is 3.13. The second kappa shape index (κ2) is 13.8. The third-order valence-corrected chi connectivity index (χ3v) is 7.32. The molecule has 2 rings (SSSR count). The topological polar surface area (TPSA) is 139 Å². The highest BCUT2D eigenvalue weighted by molar-refractivity contribution is 7.92. The molecule has 38 heavy (non-hydrogen) atoms. The maximum absolute atomic E-state index is 13.7. The molecule has 2 amide bonds. The largest absolute Gasteiger partial charge is 0.495 e. The van der Waals surface area contributed by atoms with Crippen LogP contribution in [-0.4, -0.2) is 68.6 Å². The molecule has 208 valence electrons. The minimum absolute atomic E-state index is 0.0474. The van der Waals surface area contributed by atoms with E-state index >= 15 is 0 Å². The fraction of sp³-hybridized carbons (Fsp3) is 0.462. The van der Waals surface area contributed by atoms with Gasteiger partial charge in [0.05, 0.1) is 18.3 Å². The number of benzene rings is 2. The molecular formula is C26H36N4O7S. The number of ether oxygens (including phenoxy) is 1. The average molecular weight is 549 g/mol. The van der Waals surface area contributed by atoms with Crippen LogP contribution in [0, 0.1) is 10.1 Å². The zero-order valence-corrected chi connectivity index (χ0v) is 23.2. The van der Waals surface area contributed by atoms with Crippen LogP contribution in [0.15, 0.2) is 48.5 Å². The number of amides is 2. The molecule has 0 spiro atoms. The lowest BCUT2D eigenvalue weighted by Crippen LogP contribution is -2.54. The molecular weight excluding hydrogens is 512 g/mol.